The highest BCUT2D eigenvalue weighted by molar-refractivity contribution is 7.89. The fourth-order valence-corrected chi connectivity index (χ4v) is 4.55. The van der Waals surface area contributed by atoms with Gasteiger partial charge in [-0.15, -0.1) is 0 Å². The molecule has 0 atom stereocenters. The van der Waals surface area contributed by atoms with Gasteiger partial charge in [-0.25, -0.2) is 13.2 Å². The number of carboxylic acid groups (broad SMARTS) is 1. The van der Waals surface area contributed by atoms with E-state index in [9.17, 15) is 18.3 Å². The number of pyridine rings is 1. The Morgan fingerprint density at radius 2 is 1.80 bits per heavy atom. The third-order valence-electron chi connectivity index (χ3n) is 4.48. The van der Waals surface area contributed by atoms with Crippen LogP contribution in [-0.2, 0) is 15.4 Å². The Kier molecular flexibility index (Phi) is 4.33. The SMILES string of the molecule is CC(C)(C)c1cc(C(=O)O)c2cc(S(=O)(=O)N3CCCC3)ccc2n1. The smallest absolute Gasteiger partial charge is 0.336 e. The Morgan fingerprint density at radius 3 is 2.36 bits per heavy atom. The van der Waals surface area contributed by atoms with Crippen molar-refractivity contribution < 1.29 is 18.3 Å². The van der Waals surface area contributed by atoms with Gasteiger partial charge >= 0.3 is 5.97 Å². The van der Waals surface area contributed by atoms with Crippen molar-refractivity contribution in [1.82, 2.24) is 9.29 Å². The van der Waals surface area contributed by atoms with Crippen molar-refractivity contribution in [1.29, 1.82) is 0 Å². The van der Waals surface area contributed by atoms with E-state index < -0.39 is 16.0 Å². The molecule has 0 aliphatic carbocycles. The number of aromatic carboxylic acids is 1. The van der Waals surface area contributed by atoms with Gasteiger partial charge in [0.05, 0.1) is 16.0 Å². The molecule has 7 heteroatoms. The fourth-order valence-electron chi connectivity index (χ4n) is 3.00. The summed E-state index contributed by atoms with van der Waals surface area (Å²) in [5.41, 5.74) is 0.921. The fraction of sp³-hybridized carbons (Fsp3) is 0.444. The summed E-state index contributed by atoms with van der Waals surface area (Å²) in [6.07, 6.45) is 1.70. The van der Waals surface area contributed by atoms with Gasteiger partial charge in [-0.05, 0) is 37.1 Å². The highest BCUT2D eigenvalue weighted by Crippen LogP contribution is 2.29. The zero-order valence-corrected chi connectivity index (χ0v) is 15.4. The molecule has 0 radical (unpaired) electrons. The lowest BCUT2D eigenvalue weighted by atomic mass is 9.90. The van der Waals surface area contributed by atoms with E-state index in [1.54, 1.807) is 6.07 Å². The monoisotopic (exact) mass is 362 g/mol. The van der Waals surface area contributed by atoms with Crippen LogP contribution in [-0.4, -0.2) is 41.9 Å². The second kappa shape index (κ2) is 6.07. The number of carbonyl (C=O) groups is 1. The van der Waals surface area contributed by atoms with Gasteiger partial charge < -0.3 is 5.11 Å². The molecule has 1 N–H and O–H groups in total. The van der Waals surface area contributed by atoms with Crippen molar-refractivity contribution in [3.8, 4) is 0 Å². The number of sulfonamides is 1. The molecule has 2 aromatic rings. The number of hydrogen-bond acceptors (Lipinski definition) is 4. The van der Waals surface area contributed by atoms with Gasteiger partial charge in [0, 0.05) is 29.6 Å². The molecule has 2 heterocycles. The van der Waals surface area contributed by atoms with Crippen LogP contribution in [0.15, 0.2) is 29.2 Å². The molecular weight excluding hydrogens is 340 g/mol. The molecule has 6 nitrogen and oxygen atoms in total. The first-order valence-electron chi connectivity index (χ1n) is 8.29. The van der Waals surface area contributed by atoms with E-state index in [2.05, 4.69) is 4.98 Å². The van der Waals surface area contributed by atoms with E-state index >= 15 is 0 Å². The first-order chi connectivity index (χ1) is 11.6. The van der Waals surface area contributed by atoms with Crippen molar-refractivity contribution in [3.63, 3.8) is 0 Å². The predicted molar refractivity (Wildman–Crippen MR) is 95.4 cm³/mol. The summed E-state index contributed by atoms with van der Waals surface area (Å²) in [5, 5.41) is 9.94. The van der Waals surface area contributed by atoms with Crippen molar-refractivity contribution in [2.45, 2.75) is 43.9 Å². The summed E-state index contributed by atoms with van der Waals surface area (Å²) in [5.74, 6) is -1.09. The van der Waals surface area contributed by atoms with Gasteiger partial charge in [0.2, 0.25) is 10.0 Å². The number of fused-ring (bicyclic) bond motifs is 1. The average Bonchev–Trinajstić information content (AvgIpc) is 3.07. The maximum Gasteiger partial charge on any atom is 0.336 e. The van der Waals surface area contributed by atoms with E-state index in [-0.39, 0.29) is 15.9 Å². The minimum atomic E-state index is -3.60. The van der Waals surface area contributed by atoms with Gasteiger partial charge in [-0.3, -0.25) is 4.98 Å². The van der Waals surface area contributed by atoms with E-state index in [1.165, 1.54) is 22.5 Å². The molecule has 134 valence electrons. The summed E-state index contributed by atoms with van der Waals surface area (Å²) in [6.45, 7) is 6.89. The maximum absolute atomic E-state index is 12.7. The van der Waals surface area contributed by atoms with Crippen LogP contribution in [0.3, 0.4) is 0 Å². The van der Waals surface area contributed by atoms with Crippen molar-refractivity contribution in [3.05, 3.63) is 35.5 Å². The topological polar surface area (TPSA) is 87.6 Å². The first kappa shape index (κ1) is 17.8. The van der Waals surface area contributed by atoms with Crippen molar-refractivity contribution in [2.75, 3.05) is 13.1 Å². The van der Waals surface area contributed by atoms with Crippen LogP contribution in [0, 0.1) is 0 Å². The maximum atomic E-state index is 12.7. The van der Waals surface area contributed by atoms with Crippen LogP contribution < -0.4 is 0 Å². The van der Waals surface area contributed by atoms with Gasteiger partial charge in [-0.2, -0.15) is 4.31 Å². The standard InChI is InChI=1S/C18H22N2O4S/c1-18(2,3)16-11-14(17(21)22)13-10-12(6-7-15(13)19-16)25(23,24)20-8-4-5-9-20/h6-7,10-11H,4-5,8-9H2,1-3H3,(H,21,22). The average molecular weight is 362 g/mol. The molecule has 1 aliphatic rings. The van der Waals surface area contributed by atoms with E-state index in [0.717, 1.165) is 12.8 Å². The molecule has 0 amide bonds. The molecule has 1 aromatic carbocycles. The van der Waals surface area contributed by atoms with Crippen LogP contribution in [0.2, 0.25) is 0 Å². The largest absolute Gasteiger partial charge is 0.478 e. The Labute approximate surface area is 147 Å². The Morgan fingerprint density at radius 1 is 1.16 bits per heavy atom. The molecule has 0 bridgehead atoms. The Hall–Kier alpha value is -1.99. The molecule has 0 unspecified atom stereocenters. The molecule has 3 rings (SSSR count). The van der Waals surface area contributed by atoms with Gasteiger partial charge in [0.1, 0.15) is 0 Å². The Balaban J connectivity index is 2.20. The number of benzene rings is 1. The quantitative estimate of drug-likeness (QED) is 0.907. The van der Waals surface area contributed by atoms with Gasteiger partial charge in [-0.1, -0.05) is 20.8 Å². The predicted octanol–water partition coefficient (Wildman–Crippen LogP) is 3.02. The van der Waals surface area contributed by atoms with Crippen LogP contribution in [0.5, 0.6) is 0 Å². The zero-order chi connectivity index (χ0) is 18.4. The zero-order valence-electron chi connectivity index (χ0n) is 14.6. The summed E-state index contributed by atoms with van der Waals surface area (Å²) >= 11 is 0. The third kappa shape index (κ3) is 3.26. The number of nitrogens with zero attached hydrogens (tertiary/aromatic N) is 2. The van der Waals surface area contributed by atoms with Crippen LogP contribution in [0.1, 0.15) is 49.7 Å². The summed E-state index contributed by atoms with van der Waals surface area (Å²) in [6, 6.07) is 6.09. The van der Waals surface area contributed by atoms with Gasteiger partial charge in [0.15, 0.2) is 0 Å². The first-order valence-corrected chi connectivity index (χ1v) is 9.73. The molecule has 25 heavy (non-hydrogen) atoms. The van der Waals surface area contributed by atoms with Gasteiger partial charge in [0.25, 0.3) is 0 Å². The van der Waals surface area contributed by atoms with Crippen molar-refractivity contribution >= 4 is 26.9 Å². The lowest BCUT2D eigenvalue weighted by Crippen LogP contribution is -2.27. The van der Waals surface area contributed by atoms with Crippen LogP contribution >= 0.6 is 0 Å². The van der Waals surface area contributed by atoms with E-state index in [1.807, 2.05) is 20.8 Å². The minimum absolute atomic E-state index is 0.0772. The van der Waals surface area contributed by atoms with Crippen molar-refractivity contribution in [2.24, 2.45) is 0 Å². The summed E-state index contributed by atoms with van der Waals surface area (Å²) in [4.78, 5) is 16.4. The molecule has 0 spiro atoms. The highest BCUT2D eigenvalue weighted by Gasteiger charge is 2.28. The molecular formula is C18H22N2O4S. The second-order valence-electron chi connectivity index (χ2n) is 7.40. The Bertz CT molecular complexity index is 939. The normalized spacial score (nSPS) is 16.4. The van der Waals surface area contributed by atoms with Crippen LogP contribution in [0.4, 0.5) is 0 Å². The molecule has 1 aliphatic heterocycles. The number of carboxylic acids is 1. The lowest BCUT2D eigenvalue weighted by molar-refractivity contribution is 0.0698. The number of aromatic nitrogens is 1. The number of hydrogen-bond donors (Lipinski definition) is 1. The molecule has 0 saturated carbocycles. The third-order valence-corrected chi connectivity index (χ3v) is 6.38. The summed E-state index contributed by atoms with van der Waals surface area (Å²) < 4.78 is 26.9. The molecule has 1 fully saturated rings. The van der Waals surface area contributed by atoms with E-state index in [4.69, 9.17) is 0 Å². The minimum Gasteiger partial charge on any atom is -0.478 e. The lowest BCUT2D eigenvalue weighted by Gasteiger charge is -2.20. The molecule has 1 saturated heterocycles. The molecule has 1 aromatic heterocycles. The summed E-state index contributed by atoms with van der Waals surface area (Å²) in [7, 11) is -3.60. The second-order valence-corrected chi connectivity index (χ2v) is 9.34. The van der Waals surface area contributed by atoms with Crippen LogP contribution in [0.25, 0.3) is 10.9 Å². The number of rotatable bonds is 3. The van der Waals surface area contributed by atoms with E-state index in [0.29, 0.717) is 29.7 Å². The highest BCUT2D eigenvalue weighted by atomic mass is 32.2.